The van der Waals surface area contributed by atoms with Crippen molar-refractivity contribution in [3.05, 3.63) is 65.2 Å². The zero-order chi connectivity index (χ0) is 20.6. The summed E-state index contributed by atoms with van der Waals surface area (Å²) in [5.41, 5.74) is 0.350. The highest BCUT2D eigenvalue weighted by molar-refractivity contribution is 7.98. The zero-order valence-electron chi connectivity index (χ0n) is 15.1. The van der Waals surface area contributed by atoms with Crippen LogP contribution < -0.4 is 4.72 Å². The standard InChI is InChI=1S/C19H20ClNO5S2/c1-27-12-11-17(21-28(24,25)16-5-3-2-4-6-16)19(23)26-13-18(22)14-7-9-15(20)10-8-14/h2-10,17,21H,11-13H2,1H3. The van der Waals surface area contributed by atoms with Gasteiger partial charge < -0.3 is 4.74 Å². The van der Waals surface area contributed by atoms with Crippen molar-refractivity contribution in [1.29, 1.82) is 0 Å². The maximum Gasteiger partial charge on any atom is 0.324 e. The Bertz CT molecular complexity index is 902. The third-order valence-corrected chi connectivity index (χ3v) is 6.14. The van der Waals surface area contributed by atoms with E-state index in [0.717, 1.165) is 0 Å². The SMILES string of the molecule is CSCCC(NS(=O)(=O)c1ccccc1)C(=O)OCC(=O)c1ccc(Cl)cc1. The highest BCUT2D eigenvalue weighted by Gasteiger charge is 2.27. The van der Waals surface area contributed by atoms with Crippen LogP contribution in [0.3, 0.4) is 0 Å². The fraction of sp³-hybridized carbons (Fsp3) is 0.263. The summed E-state index contributed by atoms with van der Waals surface area (Å²) in [6, 6.07) is 12.8. The summed E-state index contributed by atoms with van der Waals surface area (Å²) in [5.74, 6) is -0.655. The van der Waals surface area contributed by atoms with E-state index >= 15 is 0 Å². The average molecular weight is 442 g/mol. The summed E-state index contributed by atoms with van der Waals surface area (Å²) in [4.78, 5) is 24.6. The Kier molecular flexibility index (Phi) is 8.50. The van der Waals surface area contributed by atoms with Gasteiger partial charge in [0.25, 0.3) is 0 Å². The lowest BCUT2D eigenvalue weighted by atomic mass is 10.1. The molecule has 0 aliphatic rings. The van der Waals surface area contributed by atoms with Crippen LogP contribution in [0.2, 0.25) is 5.02 Å². The predicted molar refractivity (Wildman–Crippen MR) is 110 cm³/mol. The number of esters is 1. The number of sulfonamides is 1. The Morgan fingerprint density at radius 1 is 1.11 bits per heavy atom. The molecule has 9 heteroatoms. The van der Waals surface area contributed by atoms with Gasteiger partial charge in [0.15, 0.2) is 12.4 Å². The van der Waals surface area contributed by atoms with E-state index in [0.29, 0.717) is 16.3 Å². The van der Waals surface area contributed by atoms with Gasteiger partial charge in [0.05, 0.1) is 4.90 Å². The van der Waals surface area contributed by atoms with Crippen LogP contribution in [0, 0.1) is 0 Å². The van der Waals surface area contributed by atoms with Gasteiger partial charge in [-0.3, -0.25) is 9.59 Å². The smallest absolute Gasteiger partial charge is 0.324 e. The van der Waals surface area contributed by atoms with E-state index in [1.54, 1.807) is 30.3 Å². The van der Waals surface area contributed by atoms with E-state index in [-0.39, 0.29) is 11.3 Å². The molecule has 1 N–H and O–H groups in total. The molecule has 0 spiro atoms. The molecule has 0 aromatic heterocycles. The Morgan fingerprint density at radius 2 is 1.75 bits per heavy atom. The van der Waals surface area contributed by atoms with Crippen molar-refractivity contribution < 1.29 is 22.7 Å². The van der Waals surface area contributed by atoms with Crippen LogP contribution in [0.25, 0.3) is 0 Å². The number of ether oxygens (including phenoxy) is 1. The van der Waals surface area contributed by atoms with Gasteiger partial charge in [-0.15, -0.1) is 0 Å². The second-order valence-electron chi connectivity index (χ2n) is 5.81. The Balaban J connectivity index is 2.04. The molecule has 2 aromatic rings. The molecule has 0 fully saturated rings. The third kappa shape index (κ3) is 6.63. The maximum atomic E-state index is 12.5. The fourth-order valence-corrected chi connectivity index (χ4v) is 4.11. The molecule has 0 saturated carbocycles. The molecular formula is C19H20ClNO5S2. The first-order valence-electron chi connectivity index (χ1n) is 8.35. The number of carbonyl (C=O) groups is 2. The zero-order valence-corrected chi connectivity index (χ0v) is 17.5. The molecule has 2 aromatic carbocycles. The van der Waals surface area contributed by atoms with Gasteiger partial charge in [-0.25, -0.2) is 8.42 Å². The van der Waals surface area contributed by atoms with E-state index in [4.69, 9.17) is 16.3 Å². The number of Topliss-reactive ketones (excluding diaryl/α,β-unsaturated/α-hetero) is 1. The summed E-state index contributed by atoms with van der Waals surface area (Å²) in [6.07, 6.45) is 2.08. The van der Waals surface area contributed by atoms with E-state index in [1.807, 2.05) is 6.26 Å². The number of benzene rings is 2. The molecule has 0 aliphatic heterocycles. The molecule has 0 saturated heterocycles. The topological polar surface area (TPSA) is 89.5 Å². The minimum atomic E-state index is -3.89. The molecule has 0 radical (unpaired) electrons. The molecule has 28 heavy (non-hydrogen) atoms. The first-order chi connectivity index (χ1) is 13.3. The summed E-state index contributed by atoms with van der Waals surface area (Å²) in [7, 11) is -3.89. The van der Waals surface area contributed by atoms with Crippen molar-refractivity contribution in [3.63, 3.8) is 0 Å². The van der Waals surface area contributed by atoms with Crippen molar-refractivity contribution in [2.75, 3.05) is 18.6 Å². The van der Waals surface area contributed by atoms with Crippen LogP contribution in [0.5, 0.6) is 0 Å². The minimum absolute atomic E-state index is 0.0502. The third-order valence-electron chi connectivity index (χ3n) is 3.76. The number of ketones is 1. The molecule has 0 bridgehead atoms. The van der Waals surface area contributed by atoms with Crippen molar-refractivity contribution in [2.24, 2.45) is 0 Å². The van der Waals surface area contributed by atoms with Crippen molar-refractivity contribution in [1.82, 2.24) is 4.72 Å². The van der Waals surface area contributed by atoms with Crippen molar-refractivity contribution >= 4 is 45.1 Å². The van der Waals surface area contributed by atoms with Crippen molar-refractivity contribution in [2.45, 2.75) is 17.4 Å². The number of carbonyl (C=O) groups excluding carboxylic acids is 2. The first kappa shape index (κ1) is 22.4. The van der Waals surface area contributed by atoms with Gasteiger partial charge in [-0.2, -0.15) is 16.5 Å². The number of halogens is 1. The monoisotopic (exact) mass is 441 g/mol. The lowest BCUT2D eigenvalue weighted by Crippen LogP contribution is -2.42. The van der Waals surface area contributed by atoms with Gasteiger partial charge in [-0.05, 0) is 54.8 Å². The lowest BCUT2D eigenvalue weighted by molar-refractivity contribution is -0.144. The molecule has 2 rings (SSSR count). The minimum Gasteiger partial charge on any atom is -0.456 e. The summed E-state index contributed by atoms with van der Waals surface area (Å²) in [5, 5.41) is 0.487. The highest BCUT2D eigenvalue weighted by Crippen LogP contribution is 2.13. The number of nitrogens with one attached hydrogen (secondary N) is 1. The van der Waals surface area contributed by atoms with Gasteiger partial charge in [0.1, 0.15) is 6.04 Å². The van der Waals surface area contributed by atoms with E-state index in [2.05, 4.69) is 4.72 Å². The van der Waals surface area contributed by atoms with Gasteiger partial charge in [0, 0.05) is 10.6 Å². The molecule has 6 nitrogen and oxygen atoms in total. The maximum absolute atomic E-state index is 12.5. The van der Waals surface area contributed by atoms with E-state index < -0.39 is 34.4 Å². The van der Waals surface area contributed by atoms with Crippen LogP contribution in [-0.4, -0.2) is 44.8 Å². The number of hydrogen-bond donors (Lipinski definition) is 1. The predicted octanol–water partition coefficient (Wildman–Crippen LogP) is 3.17. The van der Waals surface area contributed by atoms with Gasteiger partial charge in [-0.1, -0.05) is 29.8 Å². The van der Waals surface area contributed by atoms with E-state index in [1.165, 1.54) is 36.0 Å². The first-order valence-corrected chi connectivity index (χ1v) is 11.6. The normalized spacial score (nSPS) is 12.4. The molecule has 0 amide bonds. The van der Waals surface area contributed by atoms with Crippen LogP contribution >= 0.6 is 23.4 Å². The second-order valence-corrected chi connectivity index (χ2v) is 8.94. The Morgan fingerprint density at radius 3 is 2.36 bits per heavy atom. The molecule has 0 heterocycles. The Hall–Kier alpha value is -1.87. The van der Waals surface area contributed by atoms with Crippen LogP contribution in [0.4, 0.5) is 0 Å². The number of hydrogen-bond acceptors (Lipinski definition) is 6. The summed E-state index contributed by atoms with van der Waals surface area (Å²) < 4.78 is 32.4. The quantitative estimate of drug-likeness (QED) is 0.450. The number of rotatable bonds is 10. The summed E-state index contributed by atoms with van der Waals surface area (Å²) >= 11 is 7.25. The largest absolute Gasteiger partial charge is 0.456 e. The average Bonchev–Trinajstić information content (AvgIpc) is 2.70. The van der Waals surface area contributed by atoms with Gasteiger partial charge >= 0.3 is 5.97 Å². The second kappa shape index (κ2) is 10.6. The van der Waals surface area contributed by atoms with Crippen LogP contribution in [-0.2, 0) is 19.6 Å². The molecule has 150 valence electrons. The highest BCUT2D eigenvalue weighted by atomic mass is 35.5. The van der Waals surface area contributed by atoms with Gasteiger partial charge in [0.2, 0.25) is 10.0 Å². The molecule has 0 aliphatic carbocycles. The number of thioether (sulfide) groups is 1. The van der Waals surface area contributed by atoms with Crippen LogP contribution in [0.1, 0.15) is 16.8 Å². The molecule has 1 unspecified atom stereocenters. The lowest BCUT2D eigenvalue weighted by Gasteiger charge is -2.17. The van der Waals surface area contributed by atoms with Crippen LogP contribution in [0.15, 0.2) is 59.5 Å². The van der Waals surface area contributed by atoms with E-state index in [9.17, 15) is 18.0 Å². The summed E-state index contributed by atoms with van der Waals surface area (Å²) in [6.45, 7) is -0.483. The Labute approximate surface area is 173 Å². The molecule has 1 atom stereocenters. The fourth-order valence-electron chi connectivity index (χ4n) is 2.27. The van der Waals surface area contributed by atoms with Crippen molar-refractivity contribution in [3.8, 4) is 0 Å². The molecular weight excluding hydrogens is 422 g/mol.